The first-order valence-electron chi connectivity index (χ1n) is 4.17. The Morgan fingerprint density at radius 3 is 3.15 bits per heavy atom. The molecule has 4 heteroatoms. The van der Waals surface area contributed by atoms with E-state index in [1.807, 2.05) is 6.92 Å². The fourth-order valence-corrected chi connectivity index (χ4v) is 0.806. The van der Waals surface area contributed by atoms with Gasteiger partial charge < -0.3 is 10.3 Å². The molecule has 0 radical (unpaired) electrons. The van der Waals surface area contributed by atoms with Gasteiger partial charge in [-0.05, 0) is 6.42 Å². The zero-order valence-corrected chi connectivity index (χ0v) is 7.63. The first kappa shape index (κ1) is 9.51. The molecule has 0 spiro atoms. The minimum Gasteiger partial charge on any atom is -0.366 e. The lowest BCUT2D eigenvalue weighted by atomic mass is 10.2. The van der Waals surface area contributed by atoms with Gasteiger partial charge in [-0.15, -0.1) is 0 Å². The molecule has 0 fully saturated rings. The minimum absolute atomic E-state index is 0.153. The molecular weight excluding hydrogens is 166 g/mol. The second kappa shape index (κ2) is 4.45. The fourth-order valence-electron chi connectivity index (χ4n) is 0.806. The van der Waals surface area contributed by atoms with E-state index >= 15 is 0 Å². The predicted octanol–water partition coefficient (Wildman–Crippen LogP) is 1.15. The Morgan fingerprint density at radius 2 is 2.54 bits per heavy atom. The lowest BCUT2D eigenvalue weighted by Crippen LogP contribution is -2.10. The Hall–Kier alpha value is -1.58. The van der Waals surface area contributed by atoms with Gasteiger partial charge in [-0.2, -0.15) is 0 Å². The van der Waals surface area contributed by atoms with E-state index in [9.17, 15) is 4.79 Å². The number of anilines is 1. The Kier molecular flexibility index (Phi) is 3.25. The highest BCUT2D eigenvalue weighted by Crippen LogP contribution is 1.99. The summed E-state index contributed by atoms with van der Waals surface area (Å²) in [4.78, 5) is 17.2. The van der Waals surface area contributed by atoms with Gasteiger partial charge >= 0.3 is 0 Å². The first-order valence-corrected chi connectivity index (χ1v) is 4.17. The summed E-state index contributed by atoms with van der Waals surface area (Å²) in [5.41, 5.74) is 0.932. The van der Waals surface area contributed by atoms with Crippen molar-refractivity contribution in [2.75, 3.05) is 11.9 Å². The number of H-pyrrole nitrogens is 1. The normalized spacial score (nSPS) is 9.62. The first-order chi connectivity index (χ1) is 6.22. The molecule has 1 rings (SSSR count). The summed E-state index contributed by atoms with van der Waals surface area (Å²) in [5.74, 6) is 0.582. The standard InChI is InChI=1S/C9H13N3O/c1-3-7(2)5-10-8-4-9(13)12-6-11-8/h4,6H,2-3,5H2,1H3,(H2,10,11,12,13). The van der Waals surface area contributed by atoms with Gasteiger partial charge in [0.2, 0.25) is 0 Å². The number of rotatable bonds is 4. The number of nitrogens with zero attached hydrogens (tertiary/aromatic N) is 1. The van der Waals surface area contributed by atoms with Crippen LogP contribution in [0.4, 0.5) is 5.82 Å². The van der Waals surface area contributed by atoms with Crippen LogP contribution in [0.5, 0.6) is 0 Å². The van der Waals surface area contributed by atoms with Crippen LogP contribution in [-0.2, 0) is 0 Å². The van der Waals surface area contributed by atoms with Gasteiger partial charge in [-0.1, -0.05) is 19.1 Å². The third-order valence-corrected chi connectivity index (χ3v) is 1.70. The van der Waals surface area contributed by atoms with Gasteiger partial charge in [0.15, 0.2) is 0 Å². The smallest absolute Gasteiger partial charge is 0.252 e. The molecule has 0 saturated heterocycles. The molecule has 1 heterocycles. The minimum atomic E-state index is -0.153. The van der Waals surface area contributed by atoms with E-state index in [-0.39, 0.29) is 5.56 Å². The lowest BCUT2D eigenvalue weighted by Gasteiger charge is -2.04. The molecule has 0 amide bonds. The van der Waals surface area contributed by atoms with Crippen molar-refractivity contribution in [2.24, 2.45) is 0 Å². The van der Waals surface area contributed by atoms with Crippen LogP contribution >= 0.6 is 0 Å². The number of aromatic nitrogens is 2. The molecule has 1 aromatic heterocycles. The van der Waals surface area contributed by atoms with Crippen molar-refractivity contribution in [1.82, 2.24) is 9.97 Å². The van der Waals surface area contributed by atoms with Gasteiger partial charge in [0.1, 0.15) is 5.82 Å². The molecule has 0 aliphatic heterocycles. The molecule has 0 atom stereocenters. The van der Waals surface area contributed by atoms with Gasteiger partial charge in [-0.3, -0.25) is 4.79 Å². The summed E-state index contributed by atoms with van der Waals surface area (Å²) < 4.78 is 0. The molecule has 0 aliphatic carbocycles. The monoisotopic (exact) mass is 179 g/mol. The average molecular weight is 179 g/mol. The maximum absolute atomic E-state index is 10.8. The Bertz CT molecular complexity index is 343. The van der Waals surface area contributed by atoms with Crippen LogP contribution in [0, 0.1) is 0 Å². The van der Waals surface area contributed by atoms with Crippen molar-refractivity contribution < 1.29 is 0 Å². The molecule has 0 aromatic carbocycles. The van der Waals surface area contributed by atoms with Crippen molar-refractivity contribution in [3.63, 3.8) is 0 Å². The van der Waals surface area contributed by atoms with Crippen LogP contribution in [0.1, 0.15) is 13.3 Å². The lowest BCUT2D eigenvalue weighted by molar-refractivity contribution is 1.03. The fraction of sp³-hybridized carbons (Fsp3) is 0.333. The number of hydrogen-bond donors (Lipinski definition) is 2. The Balaban J connectivity index is 2.55. The van der Waals surface area contributed by atoms with Crippen LogP contribution in [0.15, 0.2) is 29.3 Å². The predicted molar refractivity (Wildman–Crippen MR) is 52.8 cm³/mol. The molecule has 13 heavy (non-hydrogen) atoms. The zero-order chi connectivity index (χ0) is 9.68. The summed E-state index contributed by atoms with van der Waals surface area (Å²) in [6.45, 7) is 6.53. The van der Waals surface area contributed by atoms with E-state index in [0.29, 0.717) is 12.4 Å². The summed E-state index contributed by atoms with van der Waals surface area (Å²) in [6.07, 6.45) is 2.30. The maximum atomic E-state index is 10.8. The topological polar surface area (TPSA) is 57.8 Å². The van der Waals surface area contributed by atoms with Gasteiger partial charge in [0, 0.05) is 12.6 Å². The van der Waals surface area contributed by atoms with Crippen molar-refractivity contribution in [1.29, 1.82) is 0 Å². The molecule has 1 aromatic rings. The van der Waals surface area contributed by atoms with E-state index in [4.69, 9.17) is 0 Å². The van der Waals surface area contributed by atoms with E-state index < -0.39 is 0 Å². The molecule has 0 saturated carbocycles. The van der Waals surface area contributed by atoms with Crippen molar-refractivity contribution in [3.05, 3.63) is 34.9 Å². The van der Waals surface area contributed by atoms with E-state index in [2.05, 4.69) is 21.9 Å². The summed E-state index contributed by atoms with van der Waals surface area (Å²) in [6, 6.07) is 1.42. The molecule has 0 unspecified atom stereocenters. The van der Waals surface area contributed by atoms with Gasteiger partial charge in [-0.25, -0.2) is 4.98 Å². The largest absolute Gasteiger partial charge is 0.366 e. The third kappa shape index (κ3) is 3.11. The molecule has 0 bridgehead atoms. The third-order valence-electron chi connectivity index (χ3n) is 1.70. The number of hydrogen-bond acceptors (Lipinski definition) is 3. The molecular formula is C9H13N3O. The van der Waals surface area contributed by atoms with Crippen LogP contribution in [0.2, 0.25) is 0 Å². The van der Waals surface area contributed by atoms with E-state index in [1.165, 1.54) is 12.4 Å². The zero-order valence-electron chi connectivity index (χ0n) is 7.63. The molecule has 0 aliphatic rings. The molecule has 4 nitrogen and oxygen atoms in total. The molecule has 70 valence electrons. The van der Waals surface area contributed by atoms with Crippen LogP contribution in [0.25, 0.3) is 0 Å². The van der Waals surface area contributed by atoms with Crippen molar-refractivity contribution in [3.8, 4) is 0 Å². The highest BCUT2D eigenvalue weighted by molar-refractivity contribution is 5.33. The van der Waals surface area contributed by atoms with Crippen molar-refractivity contribution >= 4 is 5.82 Å². The second-order valence-electron chi connectivity index (χ2n) is 2.75. The van der Waals surface area contributed by atoms with Crippen molar-refractivity contribution in [2.45, 2.75) is 13.3 Å². The maximum Gasteiger partial charge on any atom is 0.252 e. The Labute approximate surface area is 76.7 Å². The van der Waals surface area contributed by atoms with Crippen LogP contribution < -0.4 is 10.9 Å². The van der Waals surface area contributed by atoms with Crippen LogP contribution in [-0.4, -0.2) is 16.5 Å². The van der Waals surface area contributed by atoms with Gasteiger partial charge in [0.05, 0.1) is 6.33 Å². The van der Waals surface area contributed by atoms with E-state index in [1.54, 1.807) is 0 Å². The highest BCUT2D eigenvalue weighted by atomic mass is 16.1. The quantitative estimate of drug-likeness (QED) is 0.681. The van der Waals surface area contributed by atoms with E-state index in [0.717, 1.165) is 12.0 Å². The number of nitrogens with one attached hydrogen (secondary N) is 2. The average Bonchev–Trinajstić information content (AvgIpc) is 2.14. The second-order valence-corrected chi connectivity index (χ2v) is 2.75. The highest BCUT2D eigenvalue weighted by Gasteiger charge is 1.94. The Morgan fingerprint density at radius 1 is 1.77 bits per heavy atom. The summed E-state index contributed by atoms with van der Waals surface area (Å²) >= 11 is 0. The van der Waals surface area contributed by atoms with Crippen LogP contribution in [0.3, 0.4) is 0 Å². The number of aromatic amines is 1. The SMILES string of the molecule is C=C(CC)CNc1cc(=O)[nH]cn1. The molecule has 2 N–H and O–H groups in total. The summed E-state index contributed by atoms with van der Waals surface area (Å²) in [7, 11) is 0. The van der Waals surface area contributed by atoms with Gasteiger partial charge in [0.25, 0.3) is 5.56 Å². The summed E-state index contributed by atoms with van der Waals surface area (Å²) in [5, 5.41) is 3.01.